The van der Waals surface area contributed by atoms with Crippen molar-refractivity contribution < 1.29 is 19.4 Å². The van der Waals surface area contributed by atoms with E-state index >= 15 is 0 Å². The van der Waals surface area contributed by atoms with Gasteiger partial charge < -0.3 is 20.2 Å². The third kappa shape index (κ3) is 4.27. The maximum Gasteiger partial charge on any atom is 0.343 e. The van der Waals surface area contributed by atoms with Gasteiger partial charge in [0.2, 0.25) is 0 Å². The molecule has 0 saturated heterocycles. The number of hydrogen-bond donors (Lipinski definition) is 2. The number of H-pyrrole nitrogens is 1. The largest absolute Gasteiger partial charge is 0.457 e. The van der Waals surface area contributed by atoms with Crippen LogP contribution in [0.25, 0.3) is 0 Å². The predicted molar refractivity (Wildman–Crippen MR) is 97.5 cm³/mol. The maximum atomic E-state index is 12.2. The number of aromatic amines is 1. The Hall–Kier alpha value is -4.28. The number of aryl methyl sites for hydroxylation is 1. The molecule has 0 radical (unpaired) electrons. The molecule has 0 aliphatic rings. The molecule has 0 aliphatic carbocycles. The number of nitrogens with one attached hydrogen (secondary N) is 2. The Balaban J connectivity index is 1.85. The van der Waals surface area contributed by atoms with Gasteiger partial charge in [0.05, 0.1) is 22.7 Å². The number of rotatable bonds is 6. The van der Waals surface area contributed by atoms with Gasteiger partial charge in [0.1, 0.15) is 11.5 Å². The van der Waals surface area contributed by atoms with E-state index in [1.54, 1.807) is 12.1 Å². The van der Waals surface area contributed by atoms with E-state index in [0.29, 0.717) is 5.75 Å². The molecule has 1 amide bonds. The van der Waals surface area contributed by atoms with E-state index in [2.05, 4.69) is 15.5 Å². The van der Waals surface area contributed by atoms with Crippen LogP contribution in [0.1, 0.15) is 16.1 Å². The Bertz CT molecular complexity index is 1060. The summed E-state index contributed by atoms with van der Waals surface area (Å²) in [6, 6.07) is 11.8. The Morgan fingerprint density at radius 2 is 1.75 bits per heavy atom. The summed E-state index contributed by atoms with van der Waals surface area (Å²) < 4.78 is 5.62. The van der Waals surface area contributed by atoms with E-state index in [1.807, 2.05) is 19.1 Å². The van der Waals surface area contributed by atoms with Crippen molar-refractivity contribution >= 4 is 23.1 Å². The average Bonchev–Trinajstić information content (AvgIpc) is 3.14. The van der Waals surface area contributed by atoms with Gasteiger partial charge in [-0.2, -0.15) is 0 Å². The second-order valence-electron chi connectivity index (χ2n) is 5.74. The predicted octanol–water partition coefficient (Wildman–Crippen LogP) is 3.58. The number of carbonyl (C=O) groups is 1. The van der Waals surface area contributed by atoms with Crippen LogP contribution in [0.2, 0.25) is 0 Å². The summed E-state index contributed by atoms with van der Waals surface area (Å²) in [4.78, 5) is 32.7. The average molecular weight is 383 g/mol. The van der Waals surface area contributed by atoms with Gasteiger partial charge in [-0.05, 0) is 24.0 Å². The van der Waals surface area contributed by atoms with Crippen molar-refractivity contribution in [1.82, 2.24) is 10.2 Å². The number of aromatic nitrogens is 2. The van der Waals surface area contributed by atoms with Crippen molar-refractivity contribution in [1.29, 1.82) is 0 Å². The van der Waals surface area contributed by atoms with Crippen LogP contribution in [0.5, 0.6) is 11.5 Å². The molecule has 2 N–H and O–H groups in total. The number of hydrogen-bond acceptors (Lipinski definition) is 7. The monoisotopic (exact) mass is 383 g/mol. The number of nitro benzene ring substituents is 1. The summed E-state index contributed by atoms with van der Waals surface area (Å²) in [7, 11) is 0. The summed E-state index contributed by atoms with van der Waals surface area (Å²) in [6.45, 7) is 1.91. The van der Waals surface area contributed by atoms with Crippen LogP contribution < -0.4 is 10.1 Å². The van der Waals surface area contributed by atoms with Gasteiger partial charge in [0, 0.05) is 12.1 Å². The number of ether oxygens (including phenoxy) is 1. The standard InChI is InChI=1S/C17H13N5O6/c1-10-2-4-13(5-3-10)28-14-7-11(6-12(8-14)21(24)25)18-17(23)15-9-16(20-19-15)22(26)27/h2-9H,1H3,(H,18,23)(H,19,20). The van der Waals surface area contributed by atoms with Crippen LogP contribution in [0.15, 0.2) is 48.5 Å². The lowest BCUT2D eigenvalue weighted by Crippen LogP contribution is -2.12. The lowest BCUT2D eigenvalue weighted by Gasteiger charge is -2.09. The van der Waals surface area contributed by atoms with Crippen molar-refractivity contribution in [2.75, 3.05) is 5.32 Å². The minimum Gasteiger partial charge on any atom is -0.457 e. The Kier molecular flexibility index (Phi) is 4.98. The summed E-state index contributed by atoms with van der Waals surface area (Å²) in [5.41, 5.74) is 0.562. The van der Waals surface area contributed by atoms with E-state index in [0.717, 1.165) is 17.7 Å². The van der Waals surface area contributed by atoms with E-state index in [9.17, 15) is 25.0 Å². The number of benzene rings is 2. The molecule has 1 aromatic heterocycles. The van der Waals surface area contributed by atoms with Crippen LogP contribution in [-0.2, 0) is 0 Å². The number of non-ortho nitro benzene ring substituents is 1. The van der Waals surface area contributed by atoms with E-state index < -0.39 is 21.6 Å². The molecule has 1 heterocycles. The highest BCUT2D eigenvalue weighted by atomic mass is 16.6. The van der Waals surface area contributed by atoms with Crippen LogP contribution in [0, 0.1) is 27.2 Å². The van der Waals surface area contributed by atoms with Gasteiger partial charge in [-0.25, -0.2) is 0 Å². The highest BCUT2D eigenvalue weighted by Crippen LogP contribution is 2.30. The Morgan fingerprint density at radius 1 is 1.04 bits per heavy atom. The third-order valence-electron chi connectivity index (χ3n) is 3.61. The molecule has 0 atom stereocenters. The normalized spacial score (nSPS) is 10.3. The van der Waals surface area contributed by atoms with Crippen LogP contribution in [-0.4, -0.2) is 26.0 Å². The molecule has 142 valence electrons. The van der Waals surface area contributed by atoms with Crippen LogP contribution in [0.3, 0.4) is 0 Å². The molecule has 0 aliphatic heterocycles. The minimum absolute atomic E-state index is 0.0759. The summed E-state index contributed by atoms with van der Waals surface area (Å²) >= 11 is 0. The molecule has 0 saturated carbocycles. The van der Waals surface area contributed by atoms with Crippen molar-refractivity contribution in [2.24, 2.45) is 0 Å². The number of amides is 1. The zero-order chi connectivity index (χ0) is 20.3. The Labute approximate surface area is 157 Å². The summed E-state index contributed by atoms with van der Waals surface area (Å²) in [5, 5.41) is 29.9. The summed E-state index contributed by atoms with van der Waals surface area (Å²) in [5.74, 6) is -0.619. The molecule has 11 heteroatoms. The van der Waals surface area contributed by atoms with Gasteiger partial charge in [0.25, 0.3) is 11.6 Å². The van der Waals surface area contributed by atoms with Gasteiger partial charge in [-0.15, -0.1) is 5.10 Å². The number of nitro groups is 2. The smallest absolute Gasteiger partial charge is 0.343 e. The minimum atomic E-state index is -0.772. The SMILES string of the molecule is Cc1ccc(Oc2cc(NC(=O)c3cc([N+](=O)[O-])[nH]n3)cc([N+](=O)[O-])c2)cc1. The van der Waals surface area contributed by atoms with E-state index in [4.69, 9.17) is 4.74 Å². The fraction of sp³-hybridized carbons (Fsp3) is 0.0588. The molecule has 3 rings (SSSR count). The van der Waals surface area contributed by atoms with Gasteiger partial charge >= 0.3 is 5.82 Å². The van der Waals surface area contributed by atoms with Crippen molar-refractivity contribution in [2.45, 2.75) is 6.92 Å². The first kappa shape index (κ1) is 18.5. The van der Waals surface area contributed by atoms with Crippen LogP contribution >= 0.6 is 0 Å². The first-order valence-corrected chi connectivity index (χ1v) is 7.87. The lowest BCUT2D eigenvalue weighted by atomic mass is 10.2. The quantitative estimate of drug-likeness (QED) is 0.487. The number of anilines is 1. The zero-order valence-corrected chi connectivity index (χ0v) is 14.4. The third-order valence-corrected chi connectivity index (χ3v) is 3.61. The second kappa shape index (κ2) is 7.53. The molecule has 11 nitrogen and oxygen atoms in total. The zero-order valence-electron chi connectivity index (χ0n) is 14.4. The molecule has 3 aromatic rings. The van der Waals surface area contributed by atoms with Crippen LogP contribution in [0.4, 0.5) is 17.2 Å². The van der Waals surface area contributed by atoms with Gasteiger partial charge in [0.15, 0.2) is 5.69 Å². The summed E-state index contributed by atoms with van der Waals surface area (Å²) in [6.07, 6.45) is 0. The molecule has 2 aromatic carbocycles. The Morgan fingerprint density at radius 3 is 2.36 bits per heavy atom. The maximum absolute atomic E-state index is 12.2. The number of carbonyl (C=O) groups excluding carboxylic acids is 1. The van der Waals surface area contributed by atoms with Gasteiger partial charge in [-0.1, -0.05) is 22.8 Å². The highest BCUT2D eigenvalue weighted by molar-refractivity contribution is 6.03. The van der Waals surface area contributed by atoms with Crippen molar-refractivity contribution in [3.8, 4) is 11.5 Å². The highest BCUT2D eigenvalue weighted by Gasteiger charge is 2.18. The molecule has 0 fully saturated rings. The van der Waals surface area contributed by atoms with E-state index in [1.165, 1.54) is 12.1 Å². The molecular formula is C17H13N5O6. The topological polar surface area (TPSA) is 153 Å². The first-order chi connectivity index (χ1) is 13.3. The molecule has 28 heavy (non-hydrogen) atoms. The fourth-order valence-corrected chi connectivity index (χ4v) is 2.28. The van der Waals surface area contributed by atoms with Crippen molar-refractivity contribution in [3.05, 3.63) is 80.0 Å². The first-order valence-electron chi connectivity index (χ1n) is 7.87. The lowest BCUT2D eigenvalue weighted by molar-refractivity contribution is -0.389. The van der Waals surface area contributed by atoms with Crippen molar-refractivity contribution in [3.63, 3.8) is 0 Å². The molecular weight excluding hydrogens is 370 g/mol. The second-order valence-corrected chi connectivity index (χ2v) is 5.74. The molecule has 0 spiro atoms. The molecule has 0 unspecified atom stereocenters. The van der Waals surface area contributed by atoms with E-state index in [-0.39, 0.29) is 22.8 Å². The fourth-order valence-electron chi connectivity index (χ4n) is 2.28. The molecule has 0 bridgehead atoms. The van der Waals surface area contributed by atoms with Gasteiger partial charge in [-0.3, -0.25) is 14.9 Å². The number of nitrogens with zero attached hydrogens (tertiary/aromatic N) is 3.